The van der Waals surface area contributed by atoms with Gasteiger partial charge in [-0.3, -0.25) is 14.6 Å². The molecule has 35 heavy (non-hydrogen) atoms. The maximum Gasteiger partial charge on any atom is 0.253 e. The molecule has 0 spiro atoms. The Balaban J connectivity index is 1.64. The summed E-state index contributed by atoms with van der Waals surface area (Å²) in [6, 6.07) is 8.91. The number of carbonyl (C=O) groups excluding carboxylic acids is 2. The highest BCUT2D eigenvalue weighted by atomic mass is 19.1. The Bertz CT molecular complexity index is 1260. The summed E-state index contributed by atoms with van der Waals surface area (Å²) >= 11 is 0. The van der Waals surface area contributed by atoms with Gasteiger partial charge in [-0.2, -0.15) is 0 Å². The Hall–Kier alpha value is -3.85. The zero-order valence-corrected chi connectivity index (χ0v) is 19.7. The second-order valence-electron chi connectivity index (χ2n) is 8.87. The Morgan fingerprint density at radius 3 is 2.77 bits per heavy atom. The number of anilines is 2. The molecule has 1 amide bonds. The third kappa shape index (κ3) is 5.30. The minimum absolute atomic E-state index is 0.00193. The van der Waals surface area contributed by atoms with E-state index in [1.165, 1.54) is 35.2 Å². The number of aliphatic hydroxyl groups excluding tert-OH is 1. The van der Waals surface area contributed by atoms with Crippen molar-refractivity contribution in [2.24, 2.45) is 0 Å². The van der Waals surface area contributed by atoms with Gasteiger partial charge in [-0.1, -0.05) is 0 Å². The average Bonchev–Trinajstić information content (AvgIpc) is 2.84. The second kappa shape index (κ2) is 10.2. The summed E-state index contributed by atoms with van der Waals surface area (Å²) in [4.78, 5) is 37.6. The van der Waals surface area contributed by atoms with Crippen LogP contribution in [0.2, 0.25) is 0 Å². The number of Topliss-reactive ketones (excluding diaryl/α,β-unsaturated/α-hetero) is 1. The van der Waals surface area contributed by atoms with Crippen molar-refractivity contribution in [1.29, 1.82) is 0 Å². The van der Waals surface area contributed by atoms with Gasteiger partial charge >= 0.3 is 0 Å². The SMILES string of the molecule is CN(C)C(=O)c1ccc(F)c(-c2ccc(N)c(C(=O)Cc3cnccc3N3CCCC(O)C3)n2)c1. The Labute approximate surface area is 203 Å². The van der Waals surface area contributed by atoms with Gasteiger partial charge in [-0.15, -0.1) is 0 Å². The van der Waals surface area contributed by atoms with Crippen LogP contribution in [0.5, 0.6) is 0 Å². The number of aliphatic hydroxyl groups is 1. The Morgan fingerprint density at radius 1 is 1.23 bits per heavy atom. The number of halogens is 1. The number of β-amino-alcohol motifs (C(OH)–C–C–N with tert-alkyl or cyclic N) is 1. The average molecular weight is 478 g/mol. The van der Waals surface area contributed by atoms with Gasteiger partial charge in [0.25, 0.3) is 5.91 Å². The largest absolute Gasteiger partial charge is 0.397 e. The van der Waals surface area contributed by atoms with E-state index in [4.69, 9.17) is 5.73 Å². The highest BCUT2D eigenvalue weighted by Crippen LogP contribution is 2.28. The smallest absolute Gasteiger partial charge is 0.253 e. The Morgan fingerprint density at radius 2 is 2.03 bits per heavy atom. The van der Waals surface area contributed by atoms with E-state index in [0.29, 0.717) is 17.7 Å². The number of ketones is 1. The van der Waals surface area contributed by atoms with Gasteiger partial charge in [-0.25, -0.2) is 9.37 Å². The number of hydrogen-bond acceptors (Lipinski definition) is 7. The van der Waals surface area contributed by atoms with Gasteiger partial charge in [0, 0.05) is 68.4 Å². The van der Waals surface area contributed by atoms with E-state index in [1.807, 2.05) is 11.0 Å². The summed E-state index contributed by atoms with van der Waals surface area (Å²) in [5.74, 6) is -1.17. The van der Waals surface area contributed by atoms with Gasteiger partial charge in [0.05, 0.1) is 17.5 Å². The lowest BCUT2D eigenvalue weighted by Crippen LogP contribution is -2.38. The molecule has 0 aliphatic carbocycles. The van der Waals surface area contributed by atoms with Crippen LogP contribution in [0.15, 0.2) is 48.8 Å². The number of nitrogens with zero attached hydrogens (tertiary/aromatic N) is 4. The molecule has 4 rings (SSSR count). The highest BCUT2D eigenvalue weighted by Gasteiger charge is 2.23. The zero-order chi connectivity index (χ0) is 25.1. The number of pyridine rings is 2. The Kier molecular flexibility index (Phi) is 7.07. The molecular formula is C26H28FN5O3. The van der Waals surface area contributed by atoms with Crippen LogP contribution in [-0.2, 0) is 6.42 Å². The van der Waals surface area contributed by atoms with Crippen LogP contribution in [0.25, 0.3) is 11.3 Å². The highest BCUT2D eigenvalue weighted by molar-refractivity contribution is 6.01. The summed E-state index contributed by atoms with van der Waals surface area (Å²) in [5.41, 5.74) is 8.44. The molecule has 3 heterocycles. The van der Waals surface area contributed by atoms with Crippen molar-refractivity contribution in [1.82, 2.24) is 14.9 Å². The topological polar surface area (TPSA) is 113 Å². The predicted molar refractivity (Wildman–Crippen MR) is 132 cm³/mol. The number of rotatable bonds is 6. The molecule has 1 unspecified atom stereocenters. The molecule has 8 nitrogen and oxygen atoms in total. The maximum absolute atomic E-state index is 14.7. The first-order valence-electron chi connectivity index (χ1n) is 11.4. The lowest BCUT2D eigenvalue weighted by Gasteiger charge is -2.33. The molecule has 9 heteroatoms. The molecule has 1 aliphatic heterocycles. The molecule has 3 N–H and O–H groups in total. The van der Waals surface area contributed by atoms with Crippen molar-refractivity contribution in [3.8, 4) is 11.3 Å². The van der Waals surface area contributed by atoms with Crippen molar-refractivity contribution in [3.05, 3.63) is 71.4 Å². The fourth-order valence-corrected chi connectivity index (χ4v) is 4.25. The minimum atomic E-state index is -0.561. The van der Waals surface area contributed by atoms with Gasteiger partial charge < -0.3 is 20.6 Å². The molecule has 0 saturated carbocycles. The number of aromatic nitrogens is 2. The number of hydrogen-bond donors (Lipinski definition) is 2. The van der Waals surface area contributed by atoms with Crippen LogP contribution >= 0.6 is 0 Å². The number of nitrogens with two attached hydrogens (primary N) is 1. The first kappa shape index (κ1) is 24.3. The standard InChI is InChI=1S/C26H28FN5O3/c1-31(2)26(35)16-5-6-20(27)19(12-16)22-8-7-21(28)25(30-22)24(34)13-17-14-29-10-9-23(17)32-11-3-4-18(33)15-32/h5-10,12,14,18,33H,3-4,11,13,15,28H2,1-2H3. The fraction of sp³-hybridized carbons (Fsp3) is 0.308. The van der Waals surface area contributed by atoms with E-state index in [0.717, 1.165) is 25.1 Å². The van der Waals surface area contributed by atoms with E-state index in [9.17, 15) is 19.1 Å². The second-order valence-corrected chi connectivity index (χ2v) is 8.87. The molecule has 2 aromatic heterocycles. The van der Waals surface area contributed by atoms with Crippen molar-refractivity contribution < 1.29 is 19.1 Å². The normalized spacial score (nSPS) is 15.7. The van der Waals surface area contributed by atoms with Gasteiger partial charge in [0.15, 0.2) is 5.78 Å². The van der Waals surface area contributed by atoms with E-state index in [2.05, 4.69) is 9.97 Å². The summed E-state index contributed by atoms with van der Waals surface area (Å²) in [6.07, 6.45) is 4.47. The monoisotopic (exact) mass is 477 g/mol. The zero-order valence-electron chi connectivity index (χ0n) is 19.7. The molecule has 1 aromatic carbocycles. The molecule has 1 saturated heterocycles. The minimum Gasteiger partial charge on any atom is -0.397 e. The van der Waals surface area contributed by atoms with E-state index in [1.54, 1.807) is 26.5 Å². The van der Waals surface area contributed by atoms with Crippen LogP contribution < -0.4 is 10.6 Å². The summed E-state index contributed by atoms with van der Waals surface area (Å²) < 4.78 is 14.7. The van der Waals surface area contributed by atoms with Gasteiger partial charge in [-0.05, 0) is 49.2 Å². The lowest BCUT2D eigenvalue weighted by molar-refractivity contribution is 0.0827. The van der Waals surface area contributed by atoms with Crippen molar-refractivity contribution >= 4 is 23.1 Å². The number of nitrogen functional groups attached to an aromatic ring is 1. The quantitative estimate of drug-likeness (QED) is 0.525. The summed E-state index contributed by atoms with van der Waals surface area (Å²) in [7, 11) is 3.22. The van der Waals surface area contributed by atoms with Crippen LogP contribution in [0.1, 0.15) is 39.3 Å². The molecule has 3 aromatic rings. The van der Waals surface area contributed by atoms with Crippen molar-refractivity contribution in [2.45, 2.75) is 25.4 Å². The number of amides is 1. The van der Waals surface area contributed by atoms with Crippen molar-refractivity contribution in [3.63, 3.8) is 0 Å². The van der Waals surface area contributed by atoms with Crippen LogP contribution in [0.4, 0.5) is 15.8 Å². The molecule has 0 bridgehead atoms. The van der Waals surface area contributed by atoms with Gasteiger partial charge in [0.2, 0.25) is 0 Å². The third-order valence-corrected chi connectivity index (χ3v) is 6.05. The van der Waals surface area contributed by atoms with Gasteiger partial charge in [0.1, 0.15) is 11.5 Å². The molecule has 182 valence electrons. The number of benzene rings is 1. The maximum atomic E-state index is 14.7. The van der Waals surface area contributed by atoms with E-state index < -0.39 is 11.9 Å². The van der Waals surface area contributed by atoms with E-state index in [-0.39, 0.29) is 40.7 Å². The van der Waals surface area contributed by atoms with Crippen LogP contribution in [0.3, 0.4) is 0 Å². The van der Waals surface area contributed by atoms with E-state index >= 15 is 0 Å². The van der Waals surface area contributed by atoms with Crippen LogP contribution in [0, 0.1) is 5.82 Å². The number of carbonyl (C=O) groups is 2. The molecule has 1 fully saturated rings. The lowest BCUT2D eigenvalue weighted by atomic mass is 10.0. The first-order valence-corrected chi connectivity index (χ1v) is 11.4. The summed E-state index contributed by atoms with van der Waals surface area (Å²) in [5, 5.41) is 10.1. The third-order valence-electron chi connectivity index (χ3n) is 6.05. The molecule has 1 aliphatic rings. The van der Waals surface area contributed by atoms with Crippen molar-refractivity contribution in [2.75, 3.05) is 37.8 Å². The predicted octanol–water partition coefficient (Wildman–Crippen LogP) is 2.95. The molecule has 1 atom stereocenters. The fourth-order valence-electron chi connectivity index (χ4n) is 4.25. The van der Waals surface area contributed by atoms with Crippen LogP contribution in [-0.4, -0.2) is 65.0 Å². The number of piperidine rings is 1. The molecular weight excluding hydrogens is 449 g/mol. The first-order chi connectivity index (χ1) is 16.7. The molecule has 0 radical (unpaired) electrons. The summed E-state index contributed by atoms with van der Waals surface area (Å²) in [6.45, 7) is 1.27.